The van der Waals surface area contributed by atoms with Gasteiger partial charge in [-0.2, -0.15) is 4.41 Å². The third-order valence-corrected chi connectivity index (χ3v) is 7.36. The van der Waals surface area contributed by atoms with E-state index in [1.165, 1.54) is 25.3 Å². The van der Waals surface area contributed by atoms with Gasteiger partial charge in [-0.25, -0.2) is 23.0 Å². The van der Waals surface area contributed by atoms with Crippen LogP contribution >= 0.6 is 11.6 Å². The summed E-state index contributed by atoms with van der Waals surface area (Å²) < 4.78 is 51.3. The summed E-state index contributed by atoms with van der Waals surface area (Å²) in [5, 5.41) is 2.49. The molecule has 0 aliphatic carbocycles. The number of carbonyl (C=O) groups excluding carboxylic acids is 2. The van der Waals surface area contributed by atoms with Gasteiger partial charge in [-0.15, -0.1) is 0 Å². The molecule has 1 amide bonds. The SMILES string of the molecule is COC(=O)C1CCC(S(=O)(=O)N2NCc3ccc(NC(=O)c4c(F)cccc4Cl)cc32)O1. The van der Waals surface area contributed by atoms with Gasteiger partial charge in [0.15, 0.2) is 11.5 Å². The molecule has 2 N–H and O–H groups in total. The second-order valence-corrected chi connectivity index (χ2v) is 9.52. The van der Waals surface area contributed by atoms with E-state index in [0.717, 1.165) is 10.5 Å². The van der Waals surface area contributed by atoms with Crippen LogP contribution in [0.25, 0.3) is 0 Å². The van der Waals surface area contributed by atoms with Crippen molar-refractivity contribution in [2.24, 2.45) is 0 Å². The molecule has 2 aromatic carbocycles. The van der Waals surface area contributed by atoms with Gasteiger partial charge in [-0.05, 0) is 42.7 Å². The summed E-state index contributed by atoms with van der Waals surface area (Å²) >= 11 is 5.94. The molecule has 2 aromatic rings. The van der Waals surface area contributed by atoms with Gasteiger partial charge in [-0.3, -0.25) is 4.79 Å². The van der Waals surface area contributed by atoms with Crippen molar-refractivity contribution in [2.45, 2.75) is 30.9 Å². The smallest absolute Gasteiger partial charge is 0.335 e. The molecule has 2 aliphatic rings. The maximum Gasteiger partial charge on any atom is 0.335 e. The quantitative estimate of drug-likeness (QED) is 0.628. The summed E-state index contributed by atoms with van der Waals surface area (Å²) in [6.45, 7) is 0.231. The summed E-state index contributed by atoms with van der Waals surface area (Å²) in [4.78, 5) is 24.2. The molecular weight excluding hydrogens is 465 g/mol. The Morgan fingerprint density at radius 3 is 2.78 bits per heavy atom. The number of rotatable bonds is 5. The van der Waals surface area contributed by atoms with E-state index in [4.69, 9.17) is 16.3 Å². The Labute approximate surface area is 188 Å². The molecule has 9 nitrogen and oxygen atoms in total. The average Bonchev–Trinajstić information content (AvgIpc) is 3.41. The van der Waals surface area contributed by atoms with E-state index >= 15 is 0 Å². The number of hydrogen-bond acceptors (Lipinski definition) is 7. The fraction of sp³-hybridized carbons (Fsp3) is 0.300. The highest BCUT2D eigenvalue weighted by molar-refractivity contribution is 7.93. The Balaban J connectivity index is 1.56. The van der Waals surface area contributed by atoms with Gasteiger partial charge in [0.25, 0.3) is 15.9 Å². The minimum absolute atomic E-state index is 0.0481. The number of hydrazine groups is 1. The van der Waals surface area contributed by atoms with Gasteiger partial charge >= 0.3 is 5.97 Å². The van der Waals surface area contributed by atoms with Crippen molar-refractivity contribution < 1.29 is 31.9 Å². The number of hydrogen-bond donors (Lipinski definition) is 2. The molecule has 1 fully saturated rings. The first-order valence-electron chi connectivity index (χ1n) is 9.61. The monoisotopic (exact) mass is 483 g/mol. The van der Waals surface area contributed by atoms with Gasteiger partial charge in [-0.1, -0.05) is 23.7 Å². The van der Waals surface area contributed by atoms with Crippen LogP contribution in [0.15, 0.2) is 36.4 Å². The van der Waals surface area contributed by atoms with E-state index in [0.29, 0.717) is 5.56 Å². The zero-order valence-electron chi connectivity index (χ0n) is 16.8. The lowest BCUT2D eigenvalue weighted by Gasteiger charge is -2.23. The van der Waals surface area contributed by atoms with Crippen LogP contribution in [0.1, 0.15) is 28.8 Å². The Kier molecular flexibility index (Phi) is 6.08. The highest BCUT2D eigenvalue weighted by atomic mass is 35.5. The molecule has 0 saturated carbocycles. The fourth-order valence-electron chi connectivity index (χ4n) is 3.61. The summed E-state index contributed by atoms with van der Waals surface area (Å²) in [5.74, 6) is -2.18. The number of methoxy groups -OCH3 is 1. The van der Waals surface area contributed by atoms with E-state index in [1.54, 1.807) is 12.1 Å². The van der Waals surface area contributed by atoms with Crippen molar-refractivity contribution in [1.29, 1.82) is 0 Å². The number of nitrogens with zero attached hydrogens (tertiary/aromatic N) is 1. The number of carbonyl (C=O) groups is 2. The Bertz CT molecular complexity index is 1170. The second-order valence-electron chi connectivity index (χ2n) is 7.19. The zero-order chi connectivity index (χ0) is 23.0. The Hall–Kier alpha value is -2.73. The summed E-state index contributed by atoms with van der Waals surface area (Å²) in [6, 6.07) is 8.56. The van der Waals surface area contributed by atoms with Crippen LogP contribution in [0.5, 0.6) is 0 Å². The van der Waals surface area contributed by atoms with Gasteiger partial charge < -0.3 is 14.8 Å². The number of anilines is 2. The molecule has 12 heteroatoms. The number of nitrogens with one attached hydrogen (secondary N) is 2. The number of halogens is 2. The van der Waals surface area contributed by atoms with Gasteiger partial charge in [0.2, 0.25) is 0 Å². The predicted molar refractivity (Wildman–Crippen MR) is 114 cm³/mol. The van der Waals surface area contributed by atoms with Crippen molar-refractivity contribution in [2.75, 3.05) is 16.8 Å². The molecule has 170 valence electrons. The fourth-order valence-corrected chi connectivity index (χ4v) is 5.49. The van der Waals surface area contributed by atoms with E-state index < -0.39 is 39.3 Å². The number of fused-ring (bicyclic) bond motifs is 1. The van der Waals surface area contributed by atoms with Crippen LogP contribution in [0.3, 0.4) is 0 Å². The molecule has 1 saturated heterocycles. The summed E-state index contributed by atoms with van der Waals surface area (Å²) in [5.41, 5.74) is 2.43. The second kappa shape index (κ2) is 8.66. The minimum Gasteiger partial charge on any atom is -0.467 e. The van der Waals surface area contributed by atoms with Crippen LogP contribution in [-0.2, 0) is 30.8 Å². The number of sulfonamides is 1. The van der Waals surface area contributed by atoms with Gasteiger partial charge in [0.1, 0.15) is 5.82 Å². The first-order chi connectivity index (χ1) is 15.2. The zero-order valence-corrected chi connectivity index (χ0v) is 18.4. The molecule has 2 heterocycles. The number of ether oxygens (including phenoxy) is 2. The van der Waals surface area contributed by atoms with Crippen molar-refractivity contribution in [3.05, 3.63) is 58.4 Å². The van der Waals surface area contributed by atoms with E-state index in [1.807, 2.05) is 0 Å². The molecule has 0 spiro atoms. The summed E-state index contributed by atoms with van der Waals surface area (Å²) in [6.07, 6.45) is -0.604. The lowest BCUT2D eigenvalue weighted by molar-refractivity contribution is -0.151. The highest BCUT2D eigenvalue weighted by Crippen LogP contribution is 2.35. The maximum absolute atomic E-state index is 14.0. The van der Waals surface area contributed by atoms with Gasteiger partial charge in [0.05, 0.1) is 23.4 Å². The van der Waals surface area contributed by atoms with Crippen molar-refractivity contribution in [1.82, 2.24) is 5.43 Å². The predicted octanol–water partition coefficient (Wildman–Crippen LogP) is 2.56. The molecule has 2 atom stereocenters. The van der Waals surface area contributed by atoms with Crippen LogP contribution in [0.4, 0.5) is 15.8 Å². The molecule has 0 bridgehead atoms. The van der Waals surface area contributed by atoms with E-state index in [2.05, 4.69) is 15.5 Å². The van der Waals surface area contributed by atoms with Crippen LogP contribution in [-0.4, -0.2) is 38.9 Å². The van der Waals surface area contributed by atoms with E-state index in [9.17, 15) is 22.4 Å². The van der Waals surface area contributed by atoms with E-state index in [-0.39, 0.29) is 41.3 Å². The van der Waals surface area contributed by atoms with Crippen LogP contribution in [0.2, 0.25) is 5.02 Å². The number of amides is 1. The van der Waals surface area contributed by atoms with Crippen molar-refractivity contribution in [3.63, 3.8) is 0 Å². The van der Waals surface area contributed by atoms with Crippen molar-refractivity contribution in [3.8, 4) is 0 Å². The Morgan fingerprint density at radius 1 is 1.28 bits per heavy atom. The third kappa shape index (κ3) is 4.04. The van der Waals surface area contributed by atoms with Gasteiger partial charge in [0, 0.05) is 12.2 Å². The Morgan fingerprint density at radius 2 is 2.06 bits per heavy atom. The number of benzene rings is 2. The normalized spacial score (nSPS) is 20.2. The lowest BCUT2D eigenvalue weighted by Crippen LogP contribution is -2.44. The van der Waals surface area contributed by atoms with Crippen molar-refractivity contribution >= 4 is 44.9 Å². The maximum atomic E-state index is 14.0. The minimum atomic E-state index is -4.04. The molecule has 2 aliphatic heterocycles. The third-order valence-electron chi connectivity index (χ3n) is 5.20. The molecule has 32 heavy (non-hydrogen) atoms. The molecule has 0 radical (unpaired) electrons. The average molecular weight is 484 g/mol. The summed E-state index contributed by atoms with van der Waals surface area (Å²) in [7, 11) is -2.83. The number of esters is 1. The highest BCUT2D eigenvalue weighted by Gasteiger charge is 2.44. The first-order valence-corrected chi connectivity index (χ1v) is 11.5. The molecular formula is C20H19ClFN3O6S. The lowest BCUT2D eigenvalue weighted by atomic mass is 10.1. The standard InChI is InChI=1S/C20H19ClFN3O6S/c1-30-20(27)16-7-8-17(31-16)32(28,29)25-15-9-12(6-5-11(15)10-23-25)24-19(26)18-13(21)3-2-4-14(18)22/h2-6,9,16-17,23H,7-8,10H2,1H3,(H,24,26). The van der Waals surface area contributed by atoms with Crippen LogP contribution in [0, 0.1) is 5.82 Å². The first kappa shape index (κ1) is 22.5. The molecule has 4 rings (SSSR count). The largest absolute Gasteiger partial charge is 0.467 e. The van der Waals surface area contributed by atoms with Crippen LogP contribution < -0.4 is 15.2 Å². The molecule has 0 aromatic heterocycles. The topological polar surface area (TPSA) is 114 Å². The molecule has 2 unspecified atom stereocenters.